The average Bonchev–Trinajstić information content (AvgIpc) is 2.88. The molecular weight excluding hydrogens is 297 g/mol. The first-order valence-electron chi connectivity index (χ1n) is 6.23. The lowest BCUT2D eigenvalue weighted by molar-refractivity contribution is 0.0233. The van der Waals surface area contributed by atoms with Crippen LogP contribution in [0.1, 0.15) is 0 Å². The quantitative estimate of drug-likeness (QED) is 0.699. The van der Waals surface area contributed by atoms with Gasteiger partial charge in [0.1, 0.15) is 18.2 Å². The summed E-state index contributed by atoms with van der Waals surface area (Å²) in [6, 6.07) is 0. The third-order valence-electron chi connectivity index (χ3n) is 2.96. The van der Waals surface area contributed by atoms with Gasteiger partial charge in [-0.1, -0.05) is 0 Å². The smallest absolute Gasteiger partial charge is 0.224 e. The Morgan fingerprint density at radius 1 is 1.48 bits per heavy atom. The number of nitrogens with zero attached hydrogens (tertiary/aromatic N) is 4. The summed E-state index contributed by atoms with van der Waals surface area (Å²) in [7, 11) is -1.43. The van der Waals surface area contributed by atoms with E-state index in [4.69, 9.17) is 15.0 Å². The molecule has 2 aromatic heterocycles. The van der Waals surface area contributed by atoms with E-state index in [-0.39, 0.29) is 18.8 Å². The second-order valence-corrected chi connectivity index (χ2v) is 7.28. The van der Waals surface area contributed by atoms with Crippen LogP contribution in [0.4, 0.5) is 5.82 Å². The average molecular weight is 315 g/mol. The monoisotopic (exact) mass is 315 g/mol. The highest BCUT2D eigenvalue weighted by molar-refractivity contribution is 7.57. The minimum Gasteiger partial charge on any atom is -0.394 e. The van der Waals surface area contributed by atoms with Crippen LogP contribution in [0.15, 0.2) is 12.7 Å². The summed E-state index contributed by atoms with van der Waals surface area (Å²) in [5, 5.41) is 9.37. The summed E-state index contributed by atoms with van der Waals surface area (Å²) in [5.74, 6) is 0.289. The van der Waals surface area contributed by atoms with Crippen molar-refractivity contribution in [3.05, 3.63) is 12.7 Å². The van der Waals surface area contributed by atoms with E-state index < -0.39 is 13.5 Å². The van der Waals surface area contributed by atoms with Crippen molar-refractivity contribution in [3.8, 4) is 0 Å². The Kier molecular flexibility index (Phi) is 4.89. The van der Waals surface area contributed by atoms with E-state index in [1.807, 2.05) is 0 Å². The number of aliphatic hydroxyl groups is 1. The lowest BCUT2D eigenvalue weighted by atomic mass is 10.3. The molecule has 2 unspecified atom stereocenters. The number of imidazole rings is 1. The maximum atomic E-state index is 11.8. The van der Waals surface area contributed by atoms with E-state index in [0.29, 0.717) is 17.7 Å². The van der Waals surface area contributed by atoms with Crippen LogP contribution in [-0.4, -0.2) is 57.5 Å². The summed E-state index contributed by atoms with van der Waals surface area (Å²) in [6.07, 6.45) is 2.26. The number of aliphatic hydroxyl groups excluding tert-OH is 1. The van der Waals surface area contributed by atoms with Crippen LogP contribution in [0, 0.1) is 0 Å². The molecule has 0 radical (unpaired) electrons. The number of nitrogen functional groups attached to an aromatic ring is 1. The zero-order valence-corrected chi connectivity index (χ0v) is 12.7. The number of hydrogen-bond acceptors (Lipinski definition) is 8. The second-order valence-electron chi connectivity index (χ2n) is 4.63. The molecule has 0 bridgehead atoms. The lowest BCUT2D eigenvalue weighted by Gasteiger charge is -2.18. The molecule has 0 spiro atoms. The van der Waals surface area contributed by atoms with E-state index in [9.17, 15) is 9.67 Å². The molecule has 116 valence electrons. The molecule has 0 amide bonds. The van der Waals surface area contributed by atoms with Gasteiger partial charge in [0.25, 0.3) is 0 Å². The maximum Gasteiger partial charge on any atom is 0.224 e. The predicted molar refractivity (Wildman–Crippen MR) is 77.1 cm³/mol. The van der Waals surface area contributed by atoms with Gasteiger partial charge in [0.2, 0.25) is 7.37 Å². The molecule has 0 saturated carbocycles. The SMILES string of the molecule is COP(C)(=O)COC(CO)Cn1cnc2c(N)ncnc21. The van der Waals surface area contributed by atoms with Crippen LogP contribution >= 0.6 is 7.37 Å². The molecular formula is C11H18N5O4P. The third-order valence-corrected chi connectivity index (χ3v) is 4.35. The Bertz CT molecular complexity index is 661. The zero-order valence-electron chi connectivity index (χ0n) is 11.8. The van der Waals surface area contributed by atoms with E-state index in [2.05, 4.69) is 15.0 Å². The van der Waals surface area contributed by atoms with Crippen LogP contribution in [0.2, 0.25) is 0 Å². The Morgan fingerprint density at radius 3 is 2.90 bits per heavy atom. The second kappa shape index (κ2) is 6.48. The Hall–Kier alpha value is -1.54. The maximum absolute atomic E-state index is 11.8. The fourth-order valence-electron chi connectivity index (χ4n) is 1.71. The molecule has 0 saturated heterocycles. The summed E-state index contributed by atoms with van der Waals surface area (Å²) in [5.41, 5.74) is 6.75. The van der Waals surface area contributed by atoms with Crippen LogP contribution in [0.25, 0.3) is 11.2 Å². The highest BCUT2D eigenvalue weighted by Crippen LogP contribution is 2.41. The molecule has 2 atom stereocenters. The molecule has 2 rings (SSSR count). The molecule has 9 nitrogen and oxygen atoms in total. The van der Waals surface area contributed by atoms with Crippen LogP contribution in [0.3, 0.4) is 0 Å². The first kappa shape index (κ1) is 15.8. The molecule has 2 heterocycles. The fraction of sp³-hybridized carbons (Fsp3) is 0.545. The topological polar surface area (TPSA) is 125 Å². The lowest BCUT2D eigenvalue weighted by Crippen LogP contribution is -2.24. The largest absolute Gasteiger partial charge is 0.394 e. The van der Waals surface area contributed by atoms with Crippen LogP contribution in [0.5, 0.6) is 0 Å². The standard InChI is InChI=1S/C11H18N5O4P/c1-19-21(2,18)7-20-8(4-17)3-16-6-15-9-10(12)13-5-14-11(9)16/h5-6,8,17H,3-4,7H2,1-2H3,(H2,12,13,14). The molecule has 0 aliphatic carbocycles. The number of fused-ring (bicyclic) bond motifs is 1. The Morgan fingerprint density at radius 2 is 2.24 bits per heavy atom. The van der Waals surface area contributed by atoms with Crippen molar-refractivity contribution in [2.45, 2.75) is 12.6 Å². The van der Waals surface area contributed by atoms with Crippen molar-refractivity contribution in [1.82, 2.24) is 19.5 Å². The van der Waals surface area contributed by atoms with Crippen LogP contribution < -0.4 is 5.73 Å². The molecule has 0 aliphatic heterocycles. The van der Waals surface area contributed by atoms with Gasteiger partial charge in [-0.25, -0.2) is 15.0 Å². The van der Waals surface area contributed by atoms with Crippen LogP contribution in [-0.2, 0) is 20.4 Å². The van der Waals surface area contributed by atoms with Crippen molar-refractivity contribution in [2.75, 3.05) is 32.5 Å². The van der Waals surface area contributed by atoms with Crippen molar-refractivity contribution < 1.29 is 18.9 Å². The predicted octanol–water partition coefficient (Wildman–Crippen LogP) is 0.298. The van der Waals surface area contributed by atoms with Gasteiger partial charge in [-0.05, 0) is 0 Å². The van der Waals surface area contributed by atoms with E-state index in [0.717, 1.165) is 0 Å². The molecule has 21 heavy (non-hydrogen) atoms. The number of hydrogen-bond donors (Lipinski definition) is 2. The number of nitrogens with two attached hydrogens (primary N) is 1. The molecule has 0 aliphatic rings. The molecule has 0 aromatic carbocycles. The number of aromatic nitrogens is 4. The van der Waals surface area contributed by atoms with Crippen molar-refractivity contribution in [1.29, 1.82) is 0 Å². The summed E-state index contributed by atoms with van der Waals surface area (Å²) >= 11 is 0. The molecule has 3 N–H and O–H groups in total. The highest BCUT2D eigenvalue weighted by Gasteiger charge is 2.19. The number of ether oxygens (including phenoxy) is 1. The van der Waals surface area contributed by atoms with Gasteiger partial charge < -0.3 is 24.7 Å². The van der Waals surface area contributed by atoms with Gasteiger partial charge in [0, 0.05) is 13.8 Å². The van der Waals surface area contributed by atoms with Crippen molar-refractivity contribution in [3.63, 3.8) is 0 Å². The molecule has 2 aromatic rings. The first-order chi connectivity index (χ1) is 9.96. The summed E-state index contributed by atoms with van der Waals surface area (Å²) < 4.78 is 23.8. The minimum atomic E-state index is -2.79. The van der Waals surface area contributed by atoms with Gasteiger partial charge in [-0.15, -0.1) is 0 Å². The van der Waals surface area contributed by atoms with Gasteiger partial charge in [-0.2, -0.15) is 0 Å². The number of anilines is 1. The van der Waals surface area contributed by atoms with Gasteiger partial charge >= 0.3 is 0 Å². The first-order valence-corrected chi connectivity index (χ1v) is 8.48. The van der Waals surface area contributed by atoms with Gasteiger partial charge in [0.05, 0.1) is 25.6 Å². The van der Waals surface area contributed by atoms with Crippen molar-refractivity contribution >= 4 is 24.4 Å². The normalized spacial score (nSPS) is 16.0. The van der Waals surface area contributed by atoms with Crippen molar-refractivity contribution in [2.24, 2.45) is 0 Å². The Labute approximate surface area is 121 Å². The van der Waals surface area contributed by atoms with E-state index >= 15 is 0 Å². The van der Waals surface area contributed by atoms with E-state index in [1.54, 1.807) is 10.9 Å². The number of rotatable bonds is 7. The Balaban J connectivity index is 2.10. The summed E-state index contributed by atoms with van der Waals surface area (Å²) in [6.45, 7) is 1.54. The van der Waals surface area contributed by atoms with E-state index in [1.165, 1.54) is 20.1 Å². The fourth-order valence-corrected chi connectivity index (χ4v) is 2.30. The van der Waals surface area contributed by atoms with Gasteiger partial charge in [0.15, 0.2) is 11.5 Å². The van der Waals surface area contributed by atoms with Gasteiger partial charge in [-0.3, -0.25) is 4.57 Å². The molecule has 0 fully saturated rings. The zero-order chi connectivity index (χ0) is 15.5. The molecule has 10 heteroatoms. The highest BCUT2D eigenvalue weighted by atomic mass is 31.2. The third kappa shape index (κ3) is 3.76. The summed E-state index contributed by atoms with van der Waals surface area (Å²) in [4.78, 5) is 12.1. The minimum absolute atomic E-state index is 0.0710.